The molecule has 0 saturated carbocycles. The van der Waals surface area contributed by atoms with Gasteiger partial charge in [-0.3, -0.25) is 4.79 Å². The first-order chi connectivity index (χ1) is 12.6. The molecule has 0 radical (unpaired) electrons. The zero-order chi connectivity index (χ0) is 18.8. The Morgan fingerprint density at radius 3 is 2.46 bits per heavy atom. The van der Waals surface area contributed by atoms with E-state index in [4.69, 9.17) is 0 Å². The van der Waals surface area contributed by atoms with Gasteiger partial charge in [-0.05, 0) is 38.5 Å². The summed E-state index contributed by atoms with van der Waals surface area (Å²) in [7, 11) is 0. The number of hydrogen-bond acceptors (Lipinski definition) is 4. The van der Waals surface area contributed by atoms with Gasteiger partial charge >= 0.3 is 0 Å². The molecule has 0 fully saturated rings. The molecule has 140 valence electrons. The second-order valence-corrected chi connectivity index (χ2v) is 7.11. The summed E-state index contributed by atoms with van der Waals surface area (Å²) < 4.78 is 0. The number of aromatic nitrogens is 1. The van der Waals surface area contributed by atoms with Crippen molar-refractivity contribution >= 4 is 23.2 Å². The molecule has 26 heavy (non-hydrogen) atoms. The standard InChI is InChI=1S/C19H27N5OS/c1-4-20-18(25)16-8-6-15(7-9-16)13-24-19(21-5-2)22-11-10-17-23-12-14(3)26-17/h6-9,12H,4-5,10-11,13H2,1-3H3,(H,20,25)(H2,21,22,24). The highest BCUT2D eigenvalue weighted by Gasteiger charge is 2.04. The van der Waals surface area contributed by atoms with Gasteiger partial charge in [-0.25, -0.2) is 9.98 Å². The number of hydrogen-bond donors (Lipinski definition) is 3. The van der Waals surface area contributed by atoms with E-state index < -0.39 is 0 Å². The number of guanidine groups is 1. The maximum Gasteiger partial charge on any atom is 0.251 e. The molecule has 1 aromatic heterocycles. The quantitative estimate of drug-likeness (QED) is 0.491. The minimum Gasteiger partial charge on any atom is -0.357 e. The molecule has 1 heterocycles. The second-order valence-electron chi connectivity index (χ2n) is 5.79. The van der Waals surface area contributed by atoms with Crippen molar-refractivity contribution in [3.8, 4) is 0 Å². The molecule has 0 aliphatic rings. The topological polar surface area (TPSA) is 78.4 Å². The van der Waals surface area contributed by atoms with Gasteiger partial charge in [0.25, 0.3) is 5.91 Å². The summed E-state index contributed by atoms with van der Waals surface area (Å²) in [4.78, 5) is 22.0. The summed E-state index contributed by atoms with van der Waals surface area (Å²) in [5, 5.41) is 10.5. The highest BCUT2D eigenvalue weighted by atomic mass is 32.1. The first kappa shape index (κ1) is 19.9. The lowest BCUT2D eigenvalue weighted by atomic mass is 10.1. The van der Waals surface area contributed by atoms with Crippen LogP contribution in [-0.2, 0) is 13.0 Å². The van der Waals surface area contributed by atoms with E-state index in [1.807, 2.05) is 44.3 Å². The van der Waals surface area contributed by atoms with E-state index in [0.717, 1.165) is 36.0 Å². The predicted octanol–water partition coefficient (Wildman–Crippen LogP) is 2.50. The van der Waals surface area contributed by atoms with Crippen molar-refractivity contribution < 1.29 is 4.79 Å². The minimum absolute atomic E-state index is 0.0463. The zero-order valence-corrected chi connectivity index (χ0v) is 16.4. The summed E-state index contributed by atoms with van der Waals surface area (Å²) >= 11 is 1.73. The molecular formula is C19H27N5OS. The lowest BCUT2D eigenvalue weighted by molar-refractivity contribution is 0.0956. The van der Waals surface area contributed by atoms with E-state index in [-0.39, 0.29) is 5.91 Å². The van der Waals surface area contributed by atoms with Crippen molar-refractivity contribution in [2.75, 3.05) is 19.6 Å². The Kier molecular flexibility index (Phi) is 8.08. The van der Waals surface area contributed by atoms with Crippen LogP contribution in [0.5, 0.6) is 0 Å². The number of aryl methyl sites for hydroxylation is 1. The van der Waals surface area contributed by atoms with Gasteiger partial charge in [0.05, 0.1) is 11.6 Å². The van der Waals surface area contributed by atoms with Crippen LogP contribution in [0.3, 0.4) is 0 Å². The number of amides is 1. The first-order valence-corrected chi connectivity index (χ1v) is 9.74. The third-order valence-corrected chi connectivity index (χ3v) is 4.59. The lowest BCUT2D eigenvalue weighted by Crippen LogP contribution is -2.38. The second kappa shape index (κ2) is 10.6. The van der Waals surface area contributed by atoms with Crippen LogP contribution in [0.15, 0.2) is 35.5 Å². The highest BCUT2D eigenvalue weighted by molar-refractivity contribution is 7.11. The van der Waals surface area contributed by atoms with Crippen LogP contribution < -0.4 is 16.0 Å². The molecule has 0 spiro atoms. The maximum absolute atomic E-state index is 11.8. The van der Waals surface area contributed by atoms with Crippen molar-refractivity contribution in [2.24, 2.45) is 4.99 Å². The van der Waals surface area contributed by atoms with Crippen LogP contribution in [0.1, 0.15) is 39.7 Å². The van der Waals surface area contributed by atoms with Crippen LogP contribution in [0.25, 0.3) is 0 Å². The summed E-state index contributed by atoms with van der Waals surface area (Å²) in [5.74, 6) is 0.739. The molecule has 1 amide bonds. The Balaban J connectivity index is 1.88. The van der Waals surface area contributed by atoms with Crippen LogP contribution >= 0.6 is 11.3 Å². The largest absolute Gasteiger partial charge is 0.357 e. The molecule has 6 nitrogen and oxygen atoms in total. The number of carbonyl (C=O) groups is 1. The molecule has 0 aliphatic carbocycles. The van der Waals surface area contributed by atoms with Crippen LogP contribution in [0.2, 0.25) is 0 Å². The molecule has 1 aromatic carbocycles. The molecule has 0 bridgehead atoms. The van der Waals surface area contributed by atoms with E-state index in [1.165, 1.54) is 4.88 Å². The van der Waals surface area contributed by atoms with Gasteiger partial charge in [0.15, 0.2) is 5.96 Å². The Morgan fingerprint density at radius 1 is 1.12 bits per heavy atom. The number of benzene rings is 1. The van der Waals surface area contributed by atoms with Gasteiger partial charge < -0.3 is 16.0 Å². The molecular weight excluding hydrogens is 346 g/mol. The SMILES string of the molecule is CCNC(=O)c1ccc(CN=C(NCC)NCCc2ncc(C)s2)cc1. The Bertz CT molecular complexity index is 724. The molecule has 2 rings (SSSR count). The molecule has 0 saturated heterocycles. The monoisotopic (exact) mass is 373 g/mol. The molecule has 2 aromatic rings. The maximum atomic E-state index is 11.8. The van der Waals surface area contributed by atoms with E-state index >= 15 is 0 Å². The third-order valence-electron chi connectivity index (χ3n) is 3.62. The Hall–Kier alpha value is -2.41. The smallest absolute Gasteiger partial charge is 0.251 e. The number of rotatable bonds is 8. The summed E-state index contributed by atoms with van der Waals surface area (Å²) in [6, 6.07) is 7.55. The number of aliphatic imine (C=N–C) groups is 1. The fraction of sp³-hybridized carbons (Fsp3) is 0.421. The number of nitrogens with one attached hydrogen (secondary N) is 3. The number of carbonyl (C=O) groups excluding carboxylic acids is 1. The normalized spacial score (nSPS) is 11.3. The first-order valence-electron chi connectivity index (χ1n) is 8.93. The Morgan fingerprint density at radius 2 is 1.85 bits per heavy atom. The van der Waals surface area contributed by atoms with Crippen molar-refractivity contribution in [2.45, 2.75) is 33.7 Å². The predicted molar refractivity (Wildman–Crippen MR) is 108 cm³/mol. The van der Waals surface area contributed by atoms with Crippen LogP contribution in [0, 0.1) is 6.92 Å². The van der Waals surface area contributed by atoms with Crippen molar-refractivity contribution in [1.82, 2.24) is 20.9 Å². The van der Waals surface area contributed by atoms with Crippen molar-refractivity contribution in [1.29, 1.82) is 0 Å². The van der Waals surface area contributed by atoms with Crippen LogP contribution in [0.4, 0.5) is 0 Å². The number of thiazole rings is 1. The number of nitrogens with zero attached hydrogens (tertiary/aromatic N) is 2. The zero-order valence-electron chi connectivity index (χ0n) is 15.6. The van der Waals surface area contributed by atoms with Gasteiger partial charge in [-0.15, -0.1) is 11.3 Å². The van der Waals surface area contributed by atoms with Gasteiger partial charge in [0.2, 0.25) is 0 Å². The molecule has 7 heteroatoms. The van der Waals surface area contributed by atoms with Gasteiger partial charge in [0.1, 0.15) is 0 Å². The van der Waals surface area contributed by atoms with E-state index in [0.29, 0.717) is 18.7 Å². The van der Waals surface area contributed by atoms with Gasteiger partial charge in [-0.1, -0.05) is 12.1 Å². The molecule has 0 atom stereocenters. The average Bonchev–Trinajstić information content (AvgIpc) is 3.05. The van der Waals surface area contributed by atoms with Crippen molar-refractivity contribution in [3.05, 3.63) is 51.5 Å². The van der Waals surface area contributed by atoms with E-state index in [9.17, 15) is 4.79 Å². The lowest BCUT2D eigenvalue weighted by Gasteiger charge is -2.10. The minimum atomic E-state index is -0.0463. The third kappa shape index (κ3) is 6.48. The molecule has 3 N–H and O–H groups in total. The van der Waals surface area contributed by atoms with E-state index in [2.05, 4.69) is 32.9 Å². The summed E-state index contributed by atoms with van der Waals surface area (Å²) in [5.41, 5.74) is 1.73. The van der Waals surface area contributed by atoms with Gasteiger partial charge in [0, 0.05) is 42.7 Å². The highest BCUT2D eigenvalue weighted by Crippen LogP contribution is 2.11. The van der Waals surface area contributed by atoms with Crippen LogP contribution in [-0.4, -0.2) is 36.5 Å². The molecule has 0 aliphatic heterocycles. The molecule has 0 unspecified atom stereocenters. The van der Waals surface area contributed by atoms with E-state index in [1.54, 1.807) is 11.3 Å². The summed E-state index contributed by atoms with van der Waals surface area (Å²) in [6.07, 6.45) is 2.79. The average molecular weight is 374 g/mol. The fourth-order valence-corrected chi connectivity index (χ4v) is 3.13. The summed E-state index contributed by atoms with van der Waals surface area (Å²) in [6.45, 7) is 8.80. The van der Waals surface area contributed by atoms with Gasteiger partial charge in [-0.2, -0.15) is 0 Å². The Labute approximate surface area is 159 Å². The fourth-order valence-electron chi connectivity index (χ4n) is 2.34. The van der Waals surface area contributed by atoms with Crippen molar-refractivity contribution in [3.63, 3.8) is 0 Å².